The van der Waals surface area contributed by atoms with E-state index in [1.165, 1.54) is 11.8 Å². The summed E-state index contributed by atoms with van der Waals surface area (Å²) in [6, 6.07) is 8.12. The number of benzene rings is 1. The molecule has 0 aromatic heterocycles. The monoisotopic (exact) mass is 285 g/mol. The summed E-state index contributed by atoms with van der Waals surface area (Å²) in [4.78, 5) is 0. The molecule has 0 aliphatic carbocycles. The lowest BCUT2D eigenvalue weighted by Gasteiger charge is -2.14. The van der Waals surface area contributed by atoms with Gasteiger partial charge < -0.3 is 10.1 Å². The maximum absolute atomic E-state index is 11.0. The lowest BCUT2D eigenvalue weighted by Crippen LogP contribution is -2.33. The van der Waals surface area contributed by atoms with Crippen LogP contribution < -0.4 is 10.1 Å². The molecule has 108 valence electrons. The highest BCUT2D eigenvalue weighted by Crippen LogP contribution is 2.11. The van der Waals surface area contributed by atoms with E-state index in [0.29, 0.717) is 19.6 Å². The molecule has 0 aliphatic heterocycles. The Hall–Kier alpha value is -1.07. The summed E-state index contributed by atoms with van der Waals surface area (Å²) in [5.41, 5.74) is 1.21. The molecule has 1 unspecified atom stereocenters. The molecule has 5 heteroatoms. The van der Waals surface area contributed by atoms with Crippen LogP contribution in [-0.2, 0) is 9.84 Å². The van der Waals surface area contributed by atoms with Crippen molar-refractivity contribution < 1.29 is 13.2 Å². The molecule has 0 amide bonds. The van der Waals surface area contributed by atoms with E-state index < -0.39 is 9.84 Å². The zero-order valence-corrected chi connectivity index (χ0v) is 12.7. The van der Waals surface area contributed by atoms with Crippen LogP contribution >= 0.6 is 0 Å². The van der Waals surface area contributed by atoms with Crippen LogP contribution in [0.3, 0.4) is 0 Å². The molecule has 1 aromatic rings. The van der Waals surface area contributed by atoms with E-state index in [9.17, 15) is 8.42 Å². The fourth-order valence-electron chi connectivity index (χ4n) is 1.60. The quantitative estimate of drug-likeness (QED) is 0.740. The smallest absolute Gasteiger partial charge is 0.147 e. The molecular formula is C14H23NO3S. The Labute approximate surface area is 116 Å². The van der Waals surface area contributed by atoms with Gasteiger partial charge in [0.15, 0.2) is 0 Å². The summed E-state index contributed by atoms with van der Waals surface area (Å²) < 4.78 is 27.6. The van der Waals surface area contributed by atoms with Crippen LogP contribution in [0, 0.1) is 6.92 Å². The maximum atomic E-state index is 11.0. The standard InChI is InChI=1S/C14H23NO3S/c1-12-5-7-14(8-6-12)18-11-13(2)15-9-4-10-19(3,16)17/h5-8,13,15H,4,9-11H2,1-3H3. The van der Waals surface area contributed by atoms with Gasteiger partial charge in [0.1, 0.15) is 22.2 Å². The third kappa shape index (κ3) is 7.85. The highest BCUT2D eigenvalue weighted by molar-refractivity contribution is 7.90. The van der Waals surface area contributed by atoms with E-state index in [2.05, 4.69) is 5.32 Å². The van der Waals surface area contributed by atoms with Crippen LogP contribution in [0.15, 0.2) is 24.3 Å². The third-order valence-electron chi connectivity index (χ3n) is 2.71. The molecule has 1 rings (SSSR count). The first-order valence-corrected chi connectivity index (χ1v) is 8.53. The van der Waals surface area contributed by atoms with Crippen LogP contribution in [0.5, 0.6) is 5.75 Å². The molecule has 0 aliphatic rings. The minimum Gasteiger partial charge on any atom is -0.492 e. The van der Waals surface area contributed by atoms with Crippen LogP contribution in [0.25, 0.3) is 0 Å². The number of hydrogen-bond donors (Lipinski definition) is 1. The average Bonchev–Trinajstić information content (AvgIpc) is 2.33. The molecule has 0 radical (unpaired) electrons. The molecule has 1 N–H and O–H groups in total. The molecule has 19 heavy (non-hydrogen) atoms. The van der Waals surface area contributed by atoms with Gasteiger partial charge in [0.05, 0.1) is 5.75 Å². The summed E-state index contributed by atoms with van der Waals surface area (Å²) in [7, 11) is -2.85. The number of nitrogens with one attached hydrogen (secondary N) is 1. The molecule has 0 fully saturated rings. The molecule has 0 saturated heterocycles. The minimum atomic E-state index is -2.85. The van der Waals surface area contributed by atoms with Crippen molar-refractivity contribution in [2.24, 2.45) is 0 Å². The molecule has 1 aromatic carbocycles. The number of hydrogen-bond acceptors (Lipinski definition) is 4. The lowest BCUT2D eigenvalue weighted by molar-refractivity contribution is 0.273. The molecule has 0 heterocycles. The van der Waals surface area contributed by atoms with E-state index in [1.54, 1.807) is 0 Å². The zero-order valence-electron chi connectivity index (χ0n) is 11.8. The summed E-state index contributed by atoms with van der Waals surface area (Å²) in [5, 5.41) is 3.25. The van der Waals surface area contributed by atoms with Crippen LogP contribution in [0.1, 0.15) is 18.9 Å². The first-order chi connectivity index (χ1) is 8.87. The van der Waals surface area contributed by atoms with Crippen molar-refractivity contribution in [3.8, 4) is 5.75 Å². The Bertz CT molecular complexity index is 468. The number of aryl methyl sites for hydroxylation is 1. The normalized spacial score (nSPS) is 13.2. The second kappa shape index (κ2) is 7.50. The van der Waals surface area contributed by atoms with E-state index in [1.807, 2.05) is 38.1 Å². The molecule has 0 bridgehead atoms. The van der Waals surface area contributed by atoms with Crippen molar-refractivity contribution in [3.63, 3.8) is 0 Å². The summed E-state index contributed by atoms with van der Waals surface area (Å²) >= 11 is 0. The van der Waals surface area contributed by atoms with E-state index in [-0.39, 0.29) is 11.8 Å². The predicted octanol–water partition coefficient (Wildman–Crippen LogP) is 1.79. The lowest BCUT2D eigenvalue weighted by atomic mass is 10.2. The van der Waals surface area contributed by atoms with Gasteiger partial charge in [0, 0.05) is 12.3 Å². The van der Waals surface area contributed by atoms with E-state index in [4.69, 9.17) is 4.74 Å². The minimum absolute atomic E-state index is 0.195. The van der Waals surface area contributed by atoms with Crippen molar-refractivity contribution in [1.29, 1.82) is 0 Å². The zero-order chi connectivity index (χ0) is 14.3. The van der Waals surface area contributed by atoms with Gasteiger partial charge in [-0.05, 0) is 38.9 Å². The summed E-state index contributed by atoms with van der Waals surface area (Å²) in [5.74, 6) is 1.08. The molecule has 0 saturated carbocycles. The third-order valence-corrected chi connectivity index (χ3v) is 3.74. The van der Waals surface area contributed by atoms with E-state index >= 15 is 0 Å². The summed E-state index contributed by atoms with van der Waals surface area (Å²) in [6.45, 7) is 5.32. The SMILES string of the molecule is Cc1ccc(OCC(C)NCCCS(C)(=O)=O)cc1. The van der Waals surface area contributed by atoms with Crippen LogP contribution in [0.2, 0.25) is 0 Å². The molecule has 1 atom stereocenters. The highest BCUT2D eigenvalue weighted by Gasteiger charge is 2.04. The van der Waals surface area contributed by atoms with Crippen LogP contribution in [0.4, 0.5) is 0 Å². The number of rotatable bonds is 8. The van der Waals surface area contributed by atoms with Crippen LogP contribution in [-0.4, -0.2) is 39.6 Å². The maximum Gasteiger partial charge on any atom is 0.147 e. The van der Waals surface area contributed by atoms with Gasteiger partial charge in [0.25, 0.3) is 0 Å². The first-order valence-electron chi connectivity index (χ1n) is 6.47. The van der Waals surface area contributed by atoms with Crippen molar-refractivity contribution in [3.05, 3.63) is 29.8 Å². The van der Waals surface area contributed by atoms with Crippen molar-refractivity contribution in [2.75, 3.05) is 25.2 Å². The Morgan fingerprint density at radius 2 is 1.89 bits per heavy atom. The van der Waals surface area contributed by atoms with Crippen molar-refractivity contribution in [2.45, 2.75) is 26.3 Å². The Morgan fingerprint density at radius 1 is 1.26 bits per heavy atom. The molecule has 4 nitrogen and oxygen atoms in total. The highest BCUT2D eigenvalue weighted by atomic mass is 32.2. The topological polar surface area (TPSA) is 55.4 Å². The number of sulfone groups is 1. The van der Waals surface area contributed by atoms with Gasteiger partial charge >= 0.3 is 0 Å². The molecular weight excluding hydrogens is 262 g/mol. The van der Waals surface area contributed by atoms with Gasteiger partial charge in [-0.25, -0.2) is 8.42 Å². The number of ether oxygens (including phenoxy) is 1. The summed E-state index contributed by atoms with van der Waals surface area (Å²) in [6.07, 6.45) is 1.89. The van der Waals surface area contributed by atoms with Gasteiger partial charge in [-0.3, -0.25) is 0 Å². The first kappa shape index (κ1) is 16.0. The second-order valence-electron chi connectivity index (χ2n) is 4.96. The predicted molar refractivity (Wildman–Crippen MR) is 78.5 cm³/mol. The Kier molecular flexibility index (Phi) is 6.31. The fraction of sp³-hybridized carbons (Fsp3) is 0.571. The largest absolute Gasteiger partial charge is 0.492 e. The van der Waals surface area contributed by atoms with Gasteiger partial charge in [-0.1, -0.05) is 17.7 Å². The Morgan fingerprint density at radius 3 is 2.47 bits per heavy atom. The van der Waals surface area contributed by atoms with E-state index in [0.717, 1.165) is 5.75 Å². The van der Waals surface area contributed by atoms with Crippen molar-refractivity contribution >= 4 is 9.84 Å². The van der Waals surface area contributed by atoms with Gasteiger partial charge in [-0.15, -0.1) is 0 Å². The van der Waals surface area contributed by atoms with Crippen molar-refractivity contribution in [1.82, 2.24) is 5.32 Å². The van der Waals surface area contributed by atoms with Gasteiger partial charge in [-0.2, -0.15) is 0 Å². The molecule has 0 spiro atoms. The second-order valence-corrected chi connectivity index (χ2v) is 7.22. The average molecular weight is 285 g/mol. The van der Waals surface area contributed by atoms with Gasteiger partial charge in [0.2, 0.25) is 0 Å². The fourth-order valence-corrected chi connectivity index (χ4v) is 2.27. The Balaban J connectivity index is 2.17.